The standard InChI is InChI=1S/C17H18O3.ClH.Mg/c1-17(2,3)16(19)20-15-11-7-5-9-13(15)12-8-4-6-10-14(12)18;;/h4-11,18H,1-3H3;1H;/q;;+2/p-2. The fraction of sp³-hybridized carbons (Fsp3) is 0.235. The normalized spacial score (nSPS) is 10.1. The van der Waals surface area contributed by atoms with Crippen LogP contribution in [0.15, 0.2) is 48.5 Å². The Hall–Kier alpha value is -1.23. The van der Waals surface area contributed by atoms with Crippen LogP contribution in [0.3, 0.4) is 0 Å². The van der Waals surface area contributed by atoms with Gasteiger partial charge in [0.1, 0.15) is 5.75 Å². The van der Waals surface area contributed by atoms with Crippen LogP contribution in [0, 0.1) is 5.41 Å². The van der Waals surface area contributed by atoms with E-state index in [1.807, 2.05) is 6.07 Å². The number of hydrogen-bond acceptors (Lipinski definition) is 3. The molecule has 3 nitrogen and oxygen atoms in total. The SMILES string of the molecule is CC(C)(C)C(=O)Oc1ccccc1-c1ccccc1[O-].[Cl-].[Mg+2]. The average molecular weight is 329 g/mol. The van der Waals surface area contributed by atoms with Crippen LogP contribution in [0.25, 0.3) is 11.1 Å². The molecule has 0 saturated heterocycles. The number of para-hydroxylation sites is 2. The van der Waals surface area contributed by atoms with Crippen molar-refractivity contribution < 1.29 is 27.0 Å². The number of halogens is 1. The van der Waals surface area contributed by atoms with Crippen molar-refractivity contribution >= 4 is 29.0 Å². The second-order valence-electron chi connectivity index (χ2n) is 5.63. The average Bonchev–Trinajstić information content (AvgIpc) is 2.39. The Labute approximate surface area is 153 Å². The molecule has 0 bridgehead atoms. The predicted molar refractivity (Wildman–Crippen MR) is 82.2 cm³/mol. The fourth-order valence-electron chi connectivity index (χ4n) is 1.72. The third-order valence-electron chi connectivity index (χ3n) is 2.88. The number of esters is 1. The van der Waals surface area contributed by atoms with Crippen LogP contribution in [0.4, 0.5) is 0 Å². The summed E-state index contributed by atoms with van der Waals surface area (Å²) in [7, 11) is 0. The number of carbonyl (C=O) groups is 1. The number of carbonyl (C=O) groups excluding carboxylic acids is 1. The molecule has 0 aromatic heterocycles. The van der Waals surface area contributed by atoms with Crippen molar-refractivity contribution in [3.63, 3.8) is 0 Å². The number of ether oxygens (including phenoxy) is 1. The molecule has 0 aliphatic heterocycles. The molecule has 0 aliphatic carbocycles. The molecule has 2 aromatic rings. The van der Waals surface area contributed by atoms with E-state index in [2.05, 4.69) is 0 Å². The molecule has 0 radical (unpaired) electrons. The molecule has 2 rings (SSSR count). The van der Waals surface area contributed by atoms with Crippen molar-refractivity contribution in [2.45, 2.75) is 20.8 Å². The Balaban J connectivity index is 0.00000220. The second kappa shape index (κ2) is 8.41. The minimum absolute atomic E-state index is 0. The van der Waals surface area contributed by atoms with Crippen LogP contribution in [0.2, 0.25) is 0 Å². The molecule has 0 heterocycles. The maximum atomic E-state index is 12.0. The maximum Gasteiger partial charge on any atom is 2.00 e. The summed E-state index contributed by atoms with van der Waals surface area (Å²) in [5.74, 6) is -0.00388. The zero-order chi connectivity index (χ0) is 14.8. The summed E-state index contributed by atoms with van der Waals surface area (Å²) in [6.45, 7) is 5.37. The van der Waals surface area contributed by atoms with E-state index in [0.717, 1.165) is 0 Å². The van der Waals surface area contributed by atoms with Gasteiger partial charge in [0.15, 0.2) is 0 Å². The van der Waals surface area contributed by atoms with E-state index >= 15 is 0 Å². The maximum absolute atomic E-state index is 12.0. The van der Waals surface area contributed by atoms with Gasteiger partial charge in [0.25, 0.3) is 0 Å². The van der Waals surface area contributed by atoms with E-state index in [4.69, 9.17) is 4.74 Å². The first-order valence-electron chi connectivity index (χ1n) is 6.47. The monoisotopic (exact) mass is 328 g/mol. The van der Waals surface area contributed by atoms with Gasteiger partial charge in [-0.25, -0.2) is 0 Å². The third kappa shape index (κ3) is 4.90. The molecule has 22 heavy (non-hydrogen) atoms. The first-order chi connectivity index (χ1) is 9.39. The molecule has 112 valence electrons. The van der Waals surface area contributed by atoms with Crippen molar-refractivity contribution in [1.29, 1.82) is 0 Å². The molecule has 5 heteroatoms. The molecule has 0 fully saturated rings. The summed E-state index contributed by atoms with van der Waals surface area (Å²) < 4.78 is 5.44. The molecule has 0 spiro atoms. The summed E-state index contributed by atoms with van der Waals surface area (Å²) in [4.78, 5) is 12.0. The minimum Gasteiger partial charge on any atom is -1.00 e. The number of hydrogen-bond donors (Lipinski definition) is 0. The summed E-state index contributed by atoms with van der Waals surface area (Å²) >= 11 is 0. The molecule has 0 aliphatic rings. The van der Waals surface area contributed by atoms with Gasteiger partial charge in [0.05, 0.1) is 5.41 Å². The van der Waals surface area contributed by atoms with E-state index in [-0.39, 0.29) is 47.2 Å². The first-order valence-corrected chi connectivity index (χ1v) is 6.47. The zero-order valence-electron chi connectivity index (χ0n) is 12.9. The smallest absolute Gasteiger partial charge is 1.00 e. The van der Waals surface area contributed by atoms with Gasteiger partial charge < -0.3 is 22.3 Å². The van der Waals surface area contributed by atoms with Crippen molar-refractivity contribution in [3.8, 4) is 22.6 Å². The molecule has 0 atom stereocenters. The van der Waals surface area contributed by atoms with Crippen molar-refractivity contribution in [3.05, 3.63) is 48.5 Å². The van der Waals surface area contributed by atoms with Gasteiger partial charge >= 0.3 is 29.0 Å². The fourth-order valence-corrected chi connectivity index (χ4v) is 1.72. The van der Waals surface area contributed by atoms with Crippen LogP contribution in [0.1, 0.15) is 20.8 Å². The molecular weight excluding hydrogens is 312 g/mol. The predicted octanol–water partition coefficient (Wildman–Crippen LogP) is 0.00190. The molecule has 0 amide bonds. The topological polar surface area (TPSA) is 49.4 Å². The van der Waals surface area contributed by atoms with E-state index in [0.29, 0.717) is 16.9 Å². The molecule has 0 unspecified atom stereocenters. The molecular formula is C17H17ClMgO3. The molecule has 0 saturated carbocycles. The van der Waals surface area contributed by atoms with Gasteiger partial charge in [-0.15, -0.1) is 5.75 Å². The summed E-state index contributed by atoms with van der Waals surface area (Å²) in [6.07, 6.45) is 0. The van der Waals surface area contributed by atoms with E-state index in [9.17, 15) is 9.90 Å². The van der Waals surface area contributed by atoms with Crippen LogP contribution in [0.5, 0.6) is 11.5 Å². The third-order valence-corrected chi connectivity index (χ3v) is 2.88. The van der Waals surface area contributed by atoms with Crippen LogP contribution in [-0.4, -0.2) is 29.0 Å². The van der Waals surface area contributed by atoms with Crippen molar-refractivity contribution in [2.24, 2.45) is 5.41 Å². The van der Waals surface area contributed by atoms with E-state index in [1.165, 1.54) is 6.07 Å². The van der Waals surface area contributed by atoms with Crippen molar-refractivity contribution in [2.75, 3.05) is 0 Å². The van der Waals surface area contributed by atoms with Gasteiger partial charge in [0.2, 0.25) is 0 Å². The van der Waals surface area contributed by atoms with Crippen LogP contribution in [-0.2, 0) is 4.79 Å². The van der Waals surface area contributed by atoms with Gasteiger partial charge in [-0.1, -0.05) is 42.5 Å². The quantitative estimate of drug-likeness (QED) is 0.443. The Kier molecular flexibility index (Phi) is 7.94. The molecule has 0 N–H and O–H groups in total. The van der Waals surface area contributed by atoms with Gasteiger partial charge in [-0.2, -0.15) is 0 Å². The second-order valence-corrected chi connectivity index (χ2v) is 5.63. The Morgan fingerprint density at radius 3 is 2.00 bits per heavy atom. The van der Waals surface area contributed by atoms with Crippen LogP contribution >= 0.6 is 0 Å². The Morgan fingerprint density at radius 2 is 1.45 bits per heavy atom. The zero-order valence-corrected chi connectivity index (χ0v) is 15.1. The summed E-state index contributed by atoms with van der Waals surface area (Å²) in [5, 5.41) is 11.9. The first kappa shape index (κ1) is 20.8. The Bertz CT molecular complexity index is 636. The summed E-state index contributed by atoms with van der Waals surface area (Å²) in [6, 6.07) is 13.8. The molecule has 2 aromatic carbocycles. The van der Waals surface area contributed by atoms with Crippen molar-refractivity contribution in [1.82, 2.24) is 0 Å². The minimum atomic E-state index is -0.593. The van der Waals surface area contributed by atoms with Gasteiger partial charge in [0, 0.05) is 5.56 Å². The number of rotatable bonds is 2. The van der Waals surface area contributed by atoms with E-state index in [1.54, 1.807) is 57.2 Å². The largest absolute Gasteiger partial charge is 2.00 e. The van der Waals surface area contributed by atoms with Gasteiger partial charge in [-0.05, 0) is 32.4 Å². The van der Waals surface area contributed by atoms with Crippen LogP contribution < -0.4 is 22.3 Å². The van der Waals surface area contributed by atoms with Gasteiger partial charge in [-0.3, -0.25) is 4.79 Å². The number of benzene rings is 2. The van der Waals surface area contributed by atoms with E-state index < -0.39 is 5.41 Å². The summed E-state index contributed by atoms with van der Waals surface area (Å²) in [5.41, 5.74) is 0.574. The Morgan fingerprint density at radius 1 is 0.955 bits per heavy atom.